The highest BCUT2D eigenvalue weighted by molar-refractivity contribution is 9.11. The Morgan fingerprint density at radius 2 is 1.94 bits per heavy atom. The van der Waals surface area contributed by atoms with Crippen molar-refractivity contribution < 1.29 is 14.6 Å². The van der Waals surface area contributed by atoms with Gasteiger partial charge in [-0.1, -0.05) is 31.9 Å². The number of thiol groups is 1. The molecule has 0 aromatic heterocycles. The first kappa shape index (κ1) is 14.4. The van der Waals surface area contributed by atoms with E-state index < -0.39 is 18.0 Å². The maximum atomic E-state index is 13.6. The second kappa shape index (κ2) is 6.35. The highest BCUT2D eigenvalue weighted by Crippen LogP contribution is 2.32. The molecule has 0 amide bonds. The standard InChI is InChI=1S/C10H11Br2FO2S/c11-5-3-6(12)9(7(13)4-5)10(15)8(14)1-2-16/h3-4,8,10,14-16H,1-2H2. The van der Waals surface area contributed by atoms with Crippen molar-refractivity contribution in [3.63, 3.8) is 0 Å². The summed E-state index contributed by atoms with van der Waals surface area (Å²) in [5.74, 6) is -0.138. The first-order chi connectivity index (χ1) is 7.47. The van der Waals surface area contributed by atoms with Crippen LogP contribution >= 0.6 is 44.5 Å². The number of aliphatic hydroxyl groups excluding tert-OH is 2. The topological polar surface area (TPSA) is 40.5 Å². The molecule has 1 rings (SSSR count). The first-order valence-corrected chi connectivity index (χ1v) is 6.80. The van der Waals surface area contributed by atoms with Crippen LogP contribution in [0.3, 0.4) is 0 Å². The second-order valence-electron chi connectivity index (χ2n) is 3.31. The predicted molar refractivity (Wildman–Crippen MR) is 71.2 cm³/mol. The lowest BCUT2D eigenvalue weighted by Gasteiger charge is -2.19. The van der Waals surface area contributed by atoms with Gasteiger partial charge in [0.05, 0.1) is 6.10 Å². The van der Waals surface area contributed by atoms with Crippen molar-refractivity contribution in [1.29, 1.82) is 0 Å². The molecule has 1 aromatic rings. The van der Waals surface area contributed by atoms with Crippen LogP contribution in [0, 0.1) is 5.82 Å². The molecule has 6 heteroatoms. The van der Waals surface area contributed by atoms with Gasteiger partial charge in [-0.15, -0.1) is 0 Å². The lowest BCUT2D eigenvalue weighted by Crippen LogP contribution is -2.20. The molecule has 2 N–H and O–H groups in total. The van der Waals surface area contributed by atoms with Crippen molar-refractivity contribution in [3.8, 4) is 0 Å². The number of rotatable bonds is 4. The first-order valence-electron chi connectivity index (χ1n) is 4.58. The van der Waals surface area contributed by atoms with Crippen LogP contribution in [0.4, 0.5) is 4.39 Å². The Labute approximate surface area is 116 Å². The summed E-state index contributed by atoms with van der Waals surface area (Å²) in [5.41, 5.74) is 0.0671. The molecule has 0 spiro atoms. The van der Waals surface area contributed by atoms with Crippen LogP contribution in [0.1, 0.15) is 18.1 Å². The van der Waals surface area contributed by atoms with E-state index in [0.29, 0.717) is 21.1 Å². The fraction of sp³-hybridized carbons (Fsp3) is 0.400. The number of hydrogen-bond acceptors (Lipinski definition) is 3. The summed E-state index contributed by atoms with van der Waals surface area (Å²) >= 11 is 10.2. The molecule has 0 radical (unpaired) electrons. The van der Waals surface area contributed by atoms with E-state index in [1.807, 2.05) is 0 Å². The maximum absolute atomic E-state index is 13.6. The lowest BCUT2D eigenvalue weighted by molar-refractivity contribution is 0.0147. The maximum Gasteiger partial charge on any atom is 0.131 e. The minimum Gasteiger partial charge on any atom is -0.390 e. The molecule has 0 saturated heterocycles. The summed E-state index contributed by atoms with van der Waals surface area (Å²) < 4.78 is 14.6. The highest BCUT2D eigenvalue weighted by Gasteiger charge is 2.23. The smallest absolute Gasteiger partial charge is 0.131 e. The van der Waals surface area contributed by atoms with Gasteiger partial charge < -0.3 is 10.2 Å². The molecule has 16 heavy (non-hydrogen) atoms. The molecule has 0 fully saturated rings. The Kier molecular flexibility index (Phi) is 5.73. The van der Waals surface area contributed by atoms with Crippen molar-refractivity contribution in [2.24, 2.45) is 0 Å². The summed E-state index contributed by atoms with van der Waals surface area (Å²) in [7, 11) is 0. The summed E-state index contributed by atoms with van der Waals surface area (Å²) in [6, 6.07) is 2.87. The molecule has 0 aliphatic carbocycles. The minimum absolute atomic E-state index is 0.0671. The van der Waals surface area contributed by atoms with E-state index in [2.05, 4.69) is 44.5 Å². The molecular weight excluding hydrogens is 363 g/mol. The summed E-state index contributed by atoms with van der Waals surface area (Å²) in [5, 5.41) is 19.4. The molecule has 0 saturated carbocycles. The predicted octanol–water partition coefficient (Wildman–Crippen LogP) is 3.06. The van der Waals surface area contributed by atoms with E-state index in [1.165, 1.54) is 6.07 Å². The molecule has 0 aliphatic heterocycles. The molecule has 2 atom stereocenters. The van der Waals surface area contributed by atoms with Gasteiger partial charge in [0.1, 0.15) is 11.9 Å². The normalized spacial score (nSPS) is 14.9. The van der Waals surface area contributed by atoms with Crippen LogP contribution in [0.5, 0.6) is 0 Å². The van der Waals surface area contributed by atoms with Crippen molar-refractivity contribution in [1.82, 2.24) is 0 Å². The van der Waals surface area contributed by atoms with Crippen molar-refractivity contribution in [2.45, 2.75) is 18.6 Å². The van der Waals surface area contributed by atoms with Crippen molar-refractivity contribution in [2.75, 3.05) is 5.75 Å². The van der Waals surface area contributed by atoms with Gasteiger partial charge >= 0.3 is 0 Å². The van der Waals surface area contributed by atoms with Gasteiger partial charge in [-0.05, 0) is 24.3 Å². The Morgan fingerprint density at radius 1 is 1.31 bits per heavy atom. The van der Waals surface area contributed by atoms with Crippen molar-refractivity contribution >= 4 is 44.5 Å². The van der Waals surface area contributed by atoms with E-state index in [0.717, 1.165) is 0 Å². The van der Waals surface area contributed by atoms with Crippen LogP contribution in [0.15, 0.2) is 21.1 Å². The SMILES string of the molecule is OC(CCS)C(O)c1c(F)cc(Br)cc1Br. The number of benzene rings is 1. The third-order valence-electron chi connectivity index (χ3n) is 2.13. The van der Waals surface area contributed by atoms with E-state index in [4.69, 9.17) is 0 Å². The molecule has 2 nitrogen and oxygen atoms in total. The lowest BCUT2D eigenvalue weighted by atomic mass is 10.0. The third kappa shape index (κ3) is 3.43. The summed E-state index contributed by atoms with van der Waals surface area (Å²) in [6.45, 7) is 0. The van der Waals surface area contributed by atoms with Gasteiger partial charge in [-0.2, -0.15) is 12.6 Å². The molecule has 0 bridgehead atoms. The molecule has 0 aliphatic rings. The van der Waals surface area contributed by atoms with E-state index in [9.17, 15) is 14.6 Å². The Balaban J connectivity index is 3.03. The van der Waals surface area contributed by atoms with Crippen molar-refractivity contribution in [3.05, 3.63) is 32.5 Å². The van der Waals surface area contributed by atoms with Gasteiger partial charge in [0, 0.05) is 14.5 Å². The average molecular weight is 374 g/mol. The Bertz CT molecular complexity index is 353. The molecule has 90 valence electrons. The third-order valence-corrected chi connectivity index (χ3v) is 3.50. The monoisotopic (exact) mass is 372 g/mol. The number of halogens is 3. The van der Waals surface area contributed by atoms with Gasteiger partial charge in [0.2, 0.25) is 0 Å². The largest absolute Gasteiger partial charge is 0.390 e. The molecule has 1 aromatic carbocycles. The van der Waals surface area contributed by atoms with Gasteiger partial charge in [0.15, 0.2) is 0 Å². The zero-order chi connectivity index (χ0) is 12.3. The van der Waals surface area contributed by atoms with Crippen LogP contribution in [-0.2, 0) is 0 Å². The van der Waals surface area contributed by atoms with Crippen LogP contribution in [-0.4, -0.2) is 22.1 Å². The van der Waals surface area contributed by atoms with E-state index >= 15 is 0 Å². The fourth-order valence-corrected chi connectivity index (χ4v) is 2.99. The fourth-order valence-electron chi connectivity index (χ4n) is 1.32. The highest BCUT2D eigenvalue weighted by atomic mass is 79.9. The molecule has 2 unspecified atom stereocenters. The average Bonchev–Trinajstić information content (AvgIpc) is 2.16. The van der Waals surface area contributed by atoms with E-state index in [-0.39, 0.29) is 5.56 Å². The second-order valence-corrected chi connectivity index (χ2v) is 5.52. The Morgan fingerprint density at radius 3 is 2.44 bits per heavy atom. The molecule has 0 heterocycles. The van der Waals surface area contributed by atoms with Gasteiger partial charge in [0.25, 0.3) is 0 Å². The Hall–Kier alpha value is 0.380. The van der Waals surface area contributed by atoms with E-state index in [1.54, 1.807) is 6.07 Å². The zero-order valence-corrected chi connectivity index (χ0v) is 12.3. The van der Waals surface area contributed by atoms with Crippen LogP contribution < -0.4 is 0 Å². The summed E-state index contributed by atoms with van der Waals surface area (Å²) in [6.07, 6.45) is -1.98. The van der Waals surface area contributed by atoms with Crippen LogP contribution in [0.25, 0.3) is 0 Å². The van der Waals surface area contributed by atoms with Gasteiger partial charge in [-0.25, -0.2) is 4.39 Å². The zero-order valence-electron chi connectivity index (χ0n) is 8.20. The number of hydrogen-bond donors (Lipinski definition) is 3. The van der Waals surface area contributed by atoms with Gasteiger partial charge in [-0.3, -0.25) is 0 Å². The van der Waals surface area contributed by atoms with Crippen LogP contribution in [0.2, 0.25) is 0 Å². The number of aliphatic hydroxyl groups is 2. The quantitative estimate of drug-likeness (QED) is 0.710. The minimum atomic E-state index is -1.25. The molecular formula is C10H11Br2FO2S. The summed E-state index contributed by atoms with van der Waals surface area (Å²) in [4.78, 5) is 0.